The van der Waals surface area contributed by atoms with Crippen molar-refractivity contribution in [1.82, 2.24) is 10.6 Å². The average molecular weight is 477 g/mol. The van der Waals surface area contributed by atoms with E-state index in [1.165, 1.54) is 22.3 Å². The summed E-state index contributed by atoms with van der Waals surface area (Å²) in [6.45, 7) is 0.282. The third-order valence-electron chi connectivity index (χ3n) is 7.89. The molecule has 3 aliphatic carbocycles. The summed E-state index contributed by atoms with van der Waals surface area (Å²) in [7, 11) is 0. The first-order valence-electron chi connectivity index (χ1n) is 12.6. The van der Waals surface area contributed by atoms with Gasteiger partial charge in [-0.1, -0.05) is 48.5 Å². The van der Waals surface area contributed by atoms with E-state index in [1.807, 2.05) is 24.3 Å². The predicted molar refractivity (Wildman–Crippen MR) is 131 cm³/mol. The number of benzene rings is 2. The van der Waals surface area contributed by atoms with Crippen molar-refractivity contribution in [2.24, 2.45) is 5.92 Å². The van der Waals surface area contributed by atoms with Crippen LogP contribution in [0.25, 0.3) is 11.1 Å². The number of amides is 2. The molecule has 2 aromatic rings. The first-order chi connectivity index (χ1) is 16.9. The van der Waals surface area contributed by atoms with Crippen LogP contribution >= 0.6 is 0 Å². The van der Waals surface area contributed by atoms with Crippen LogP contribution in [-0.2, 0) is 14.3 Å². The zero-order chi connectivity index (χ0) is 24.4. The van der Waals surface area contributed by atoms with Gasteiger partial charge in [-0.25, -0.2) is 4.79 Å². The number of hydrogen-bond acceptors (Lipinski definition) is 4. The average Bonchev–Trinajstić information content (AvgIpc) is 3.37. The second-order valence-corrected chi connectivity index (χ2v) is 10.3. The molecule has 3 aliphatic rings. The molecule has 0 bridgehead atoms. The van der Waals surface area contributed by atoms with Gasteiger partial charge >= 0.3 is 12.1 Å². The SMILES string of the molecule is O=C(O)CC1(NC(=O)C[C@@H]2CC[C@H](NC(=O)OCC3c4ccccc4-c4ccccc43)C2)CCC1. The fraction of sp³-hybridized carbons (Fsp3) is 0.464. The van der Waals surface area contributed by atoms with Crippen molar-refractivity contribution >= 4 is 18.0 Å². The molecule has 0 aromatic heterocycles. The Morgan fingerprint density at radius 1 is 0.971 bits per heavy atom. The van der Waals surface area contributed by atoms with Gasteiger partial charge in [-0.3, -0.25) is 9.59 Å². The fourth-order valence-corrected chi connectivity index (χ4v) is 6.05. The van der Waals surface area contributed by atoms with E-state index in [4.69, 9.17) is 9.84 Å². The van der Waals surface area contributed by atoms with Crippen molar-refractivity contribution < 1.29 is 24.2 Å². The molecule has 184 valence electrons. The molecule has 0 unspecified atom stereocenters. The Morgan fingerprint density at radius 2 is 1.63 bits per heavy atom. The van der Waals surface area contributed by atoms with Crippen LogP contribution in [0.3, 0.4) is 0 Å². The molecule has 3 N–H and O–H groups in total. The minimum atomic E-state index is -0.877. The van der Waals surface area contributed by atoms with Gasteiger partial charge in [-0.15, -0.1) is 0 Å². The van der Waals surface area contributed by atoms with Gasteiger partial charge in [0, 0.05) is 18.4 Å². The van der Waals surface area contributed by atoms with E-state index in [9.17, 15) is 14.4 Å². The smallest absolute Gasteiger partial charge is 0.407 e. The van der Waals surface area contributed by atoms with Crippen molar-refractivity contribution in [3.8, 4) is 11.1 Å². The lowest BCUT2D eigenvalue weighted by molar-refractivity contribution is -0.140. The van der Waals surface area contributed by atoms with Gasteiger partial charge in [-0.05, 0) is 66.7 Å². The van der Waals surface area contributed by atoms with Crippen LogP contribution in [0.4, 0.5) is 4.79 Å². The Morgan fingerprint density at radius 3 is 2.23 bits per heavy atom. The van der Waals surface area contributed by atoms with E-state index in [0.29, 0.717) is 6.42 Å². The zero-order valence-corrected chi connectivity index (χ0v) is 19.8. The summed E-state index contributed by atoms with van der Waals surface area (Å²) < 4.78 is 5.66. The van der Waals surface area contributed by atoms with Crippen LogP contribution in [0.2, 0.25) is 0 Å². The molecular weight excluding hydrogens is 444 g/mol. The molecule has 2 aromatic carbocycles. The summed E-state index contributed by atoms with van der Waals surface area (Å²) >= 11 is 0. The molecule has 0 saturated heterocycles. The molecule has 35 heavy (non-hydrogen) atoms. The maximum atomic E-state index is 12.6. The molecule has 2 atom stereocenters. The van der Waals surface area contributed by atoms with Crippen molar-refractivity contribution in [3.05, 3.63) is 59.7 Å². The molecule has 2 fully saturated rings. The van der Waals surface area contributed by atoms with Crippen molar-refractivity contribution in [2.75, 3.05) is 6.61 Å². The number of carbonyl (C=O) groups is 3. The van der Waals surface area contributed by atoms with Gasteiger partial charge in [0.2, 0.25) is 5.91 Å². The molecular formula is C28H32N2O5. The van der Waals surface area contributed by atoms with E-state index >= 15 is 0 Å². The van der Waals surface area contributed by atoms with E-state index in [1.54, 1.807) is 0 Å². The molecule has 7 nitrogen and oxygen atoms in total. The number of carbonyl (C=O) groups excluding carboxylic acids is 2. The quantitative estimate of drug-likeness (QED) is 0.517. The Kier molecular flexibility index (Phi) is 6.50. The van der Waals surface area contributed by atoms with Crippen LogP contribution in [0.1, 0.15) is 68.4 Å². The van der Waals surface area contributed by atoms with Crippen LogP contribution in [-0.4, -0.2) is 41.3 Å². The lowest BCUT2D eigenvalue weighted by Crippen LogP contribution is -2.54. The summed E-state index contributed by atoms with van der Waals surface area (Å²) in [4.78, 5) is 36.3. The van der Waals surface area contributed by atoms with E-state index in [0.717, 1.165) is 38.5 Å². The number of alkyl carbamates (subject to hydrolysis) is 1. The Bertz CT molecular complexity index is 1080. The molecule has 5 rings (SSSR count). The fourth-order valence-electron chi connectivity index (χ4n) is 6.05. The van der Waals surface area contributed by atoms with Gasteiger partial charge in [0.25, 0.3) is 0 Å². The number of fused-ring (bicyclic) bond motifs is 3. The minimum Gasteiger partial charge on any atom is -0.481 e. The zero-order valence-electron chi connectivity index (χ0n) is 19.8. The van der Waals surface area contributed by atoms with Gasteiger partial charge < -0.3 is 20.5 Å². The number of hydrogen-bond donors (Lipinski definition) is 3. The van der Waals surface area contributed by atoms with Crippen LogP contribution in [0.5, 0.6) is 0 Å². The van der Waals surface area contributed by atoms with E-state index in [2.05, 4.69) is 34.9 Å². The number of aliphatic carboxylic acids is 1. The van der Waals surface area contributed by atoms with Gasteiger partial charge in [0.05, 0.1) is 12.0 Å². The van der Waals surface area contributed by atoms with Crippen molar-refractivity contribution in [2.45, 2.75) is 68.9 Å². The topological polar surface area (TPSA) is 105 Å². The second kappa shape index (κ2) is 9.72. The van der Waals surface area contributed by atoms with Crippen LogP contribution in [0.15, 0.2) is 48.5 Å². The lowest BCUT2D eigenvalue weighted by atomic mass is 9.74. The highest BCUT2D eigenvalue weighted by Gasteiger charge is 2.41. The molecule has 2 saturated carbocycles. The predicted octanol–water partition coefficient (Wildman–Crippen LogP) is 4.60. The summed E-state index contributed by atoms with van der Waals surface area (Å²) in [5, 5.41) is 15.1. The summed E-state index contributed by atoms with van der Waals surface area (Å²) in [6.07, 6.45) is 4.71. The van der Waals surface area contributed by atoms with E-state index < -0.39 is 17.6 Å². The largest absolute Gasteiger partial charge is 0.481 e. The third kappa shape index (κ3) is 5.04. The number of ether oxygens (including phenoxy) is 1. The van der Waals surface area contributed by atoms with Crippen LogP contribution in [0, 0.1) is 5.92 Å². The maximum absolute atomic E-state index is 12.6. The number of rotatable bonds is 8. The van der Waals surface area contributed by atoms with Gasteiger partial charge in [0.15, 0.2) is 0 Å². The normalized spacial score (nSPS) is 21.9. The molecule has 7 heteroatoms. The summed E-state index contributed by atoms with van der Waals surface area (Å²) in [5.74, 6) is -0.760. The summed E-state index contributed by atoms with van der Waals surface area (Å²) in [5.41, 5.74) is 4.18. The first kappa shape index (κ1) is 23.4. The molecule has 0 aliphatic heterocycles. The molecule has 0 radical (unpaired) electrons. The highest BCUT2D eigenvalue weighted by molar-refractivity contribution is 5.80. The minimum absolute atomic E-state index is 0.0138. The Labute approximate surface area is 205 Å². The highest BCUT2D eigenvalue weighted by Crippen LogP contribution is 2.44. The van der Waals surface area contributed by atoms with Crippen molar-refractivity contribution in [1.29, 1.82) is 0 Å². The van der Waals surface area contributed by atoms with Crippen molar-refractivity contribution in [3.63, 3.8) is 0 Å². The highest BCUT2D eigenvalue weighted by atomic mass is 16.5. The lowest BCUT2D eigenvalue weighted by Gasteiger charge is -2.41. The maximum Gasteiger partial charge on any atom is 0.407 e. The second-order valence-electron chi connectivity index (χ2n) is 10.3. The monoisotopic (exact) mass is 476 g/mol. The van der Waals surface area contributed by atoms with Gasteiger partial charge in [0.1, 0.15) is 6.61 Å². The number of carboxylic acid groups (broad SMARTS) is 1. The third-order valence-corrected chi connectivity index (χ3v) is 7.89. The number of carboxylic acids is 1. The summed E-state index contributed by atoms with van der Waals surface area (Å²) in [6, 6.07) is 16.5. The Balaban J connectivity index is 1.09. The molecule has 0 heterocycles. The van der Waals surface area contributed by atoms with E-state index in [-0.39, 0.29) is 36.8 Å². The number of nitrogens with one attached hydrogen (secondary N) is 2. The first-order valence-corrected chi connectivity index (χ1v) is 12.6. The van der Waals surface area contributed by atoms with Crippen LogP contribution < -0.4 is 10.6 Å². The Hall–Kier alpha value is -3.35. The molecule has 2 amide bonds. The van der Waals surface area contributed by atoms with Gasteiger partial charge in [-0.2, -0.15) is 0 Å². The standard InChI is InChI=1S/C28H32N2O5/c31-25(30-28(12-5-13-28)16-26(32)33)15-18-10-11-19(14-18)29-27(34)35-17-24-22-8-3-1-6-20(22)21-7-2-4-9-23(21)24/h1-4,6-9,18-19,24H,5,10-17H2,(H,29,34)(H,30,31)(H,32,33)/t18-,19+/m1/s1. The molecule has 0 spiro atoms.